The van der Waals surface area contributed by atoms with Crippen molar-refractivity contribution in [1.82, 2.24) is 4.90 Å². The Morgan fingerprint density at radius 2 is 2.16 bits per heavy atom. The molecule has 1 fully saturated rings. The smallest absolute Gasteiger partial charge is 0.0558 e. The fourth-order valence-corrected chi connectivity index (χ4v) is 4.01. The monoisotopic (exact) mass is 282 g/mol. The lowest BCUT2D eigenvalue weighted by Gasteiger charge is -2.41. The minimum absolute atomic E-state index is 0.0862. The average Bonchev–Trinajstić information content (AvgIpc) is 2.92. The Morgan fingerprint density at radius 1 is 1.42 bits per heavy atom. The fraction of sp³-hybridized carbons (Fsp3) is 0.733. The maximum atomic E-state index is 9.42. The molecule has 3 nitrogen and oxygen atoms in total. The first kappa shape index (κ1) is 15.0. The van der Waals surface area contributed by atoms with Crippen LogP contribution in [0.1, 0.15) is 50.6 Å². The topological polar surface area (TPSA) is 49.5 Å². The summed E-state index contributed by atoms with van der Waals surface area (Å²) in [7, 11) is 0. The van der Waals surface area contributed by atoms with Gasteiger partial charge in [0.1, 0.15) is 0 Å². The van der Waals surface area contributed by atoms with Crippen LogP contribution in [0.15, 0.2) is 16.8 Å². The highest BCUT2D eigenvalue weighted by atomic mass is 32.1. The number of hydrogen-bond acceptors (Lipinski definition) is 4. The first-order chi connectivity index (χ1) is 9.24. The van der Waals surface area contributed by atoms with Gasteiger partial charge in [-0.1, -0.05) is 19.3 Å². The lowest BCUT2D eigenvalue weighted by molar-refractivity contribution is 0.0701. The maximum absolute atomic E-state index is 9.42. The zero-order valence-electron chi connectivity index (χ0n) is 11.8. The molecule has 1 heterocycles. The second-order valence-electron chi connectivity index (χ2n) is 5.61. The third-order valence-electron chi connectivity index (χ3n) is 4.14. The number of hydrogen-bond donors (Lipinski definition) is 2. The molecule has 2 unspecified atom stereocenters. The second kappa shape index (κ2) is 7.39. The van der Waals surface area contributed by atoms with Crippen LogP contribution in [0.3, 0.4) is 0 Å². The number of aliphatic hydroxyl groups is 1. The highest BCUT2D eigenvalue weighted by Gasteiger charge is 2.30. The SMILES string of the molecule is CC(N)C(c1ccsc1)N(CCO)C1CCCCC1. The molecule has 19 heavy (non-hydrogen) atoms. The summed E-state index contributed by atoms with van der Waals surface area (Å²) in [6, 6.07) is 3.08. The summed E-state index contributed by atoms with van der Waals surface area (Å²) in [5.41, 5.74) is 7.55. The molecule has 0 amide bonds. The van der Waals surface area contributed by atoms with Crippen LogP contribution in [0, 0.1) is 0 Å². The minimum Gasteiger partial charge on any atom is -0.395 e. The summed E-state index contributed by atoms with van der Waals surface area (Å²) in [4.78, 5) is 2.45. The van der Waals surface area contributed by atoms with E-state index >= 15 is 0 Å². The molecule has 1 aromatic heterocycles. The fourth-order valence-electron chi connectivity index (χ4n) is 3.32. The van der Waals surface area contributed by atoms with Gasteiger partial charge in [0.15, 0.2) is 0 Å². The minimum atomic E-state index is 0.0862. The number of aliphatic hydroxyl groups excluding tert-OH is 1. The van der Waals surface area contributed by atoms with E-state index in [1.165, 1.54) is 37.7 Å². The predicted octanol–water partition coefficient (Wildman–Crippen LogP) is 2.76. The van der Waals surface area contributed by atoms with E-state index in [9.17, 15) is 5.11 Å². The van der Waals surface area contributed by atoms with Crippen LogP contribution in [-0.4, -0.2) is 35.2 Å². The van der Waals surface area contributed by atoms with Gasteiger partial charge in [0.2, 0.25) is 0 Å². The van der Waals surface area contributed by atoms with Crippen LogP contribution >= 0.6 is 11.3 Å². The molecule has 4 heteroatoms. The van der Waals surface area contributed by atoms with Crippen molar-refractivity contribution < 1.29 is 5.11 Å². The number of nitrogens with two attached hydrogens (primary N) is 1. The van der Waals surface area contributed by atoms with E-state index in [1.54, 1.807) is 11.3 Å². The van der Waals surface area contributed by atoms with Crippen molar-refractivity contribution in [2.75, 3.05) is 13.2 Å². The second-order valence-corrected chi connectivity index (χ2v) is 6.39. The Kier molecular flexibility index (Phi) is 5.82. The van der Waals surface area contributed by atoms with Gasteiger partial charge in [-0.05, 0) is 42.2 Å². The lowest BCUT2D eigenvalue weighted by Crippen LogP contribution is -2.47. The van der Waals surface area contributed by atoms with Gasteiger partial charge in [-0.25, -0.2) is 0 Å². The highest BCUT2D eigenvalue weighted by molar-refractivity contribution is 7.07. The standard InChI is InChI=1S/C15H26N2OS/c1-12(16)15(13-7-10-19-11-13)17(8-9-18)14-5-3-2-4-6-14/h7,10-12,14-15,18H,2-6,8-9,16H2,1H3. The van der Waals surface area contributed by atoms with E-state index in [-0.39, 0.29) is 18.7 Å². The number of thiophene rings is 1. The first-order valence-corrected chi connectivity index (χ1v) is 8.32. The Hall–Kier alpha value is -0.420. The summed E-state index contributed by atoms with van der Waals surface area (Å²) in [5.74, 6) is 0. The van der Waals surface area contributed by atoms with Crippen molar-refractivity contribution in [1.29, 1.82) is 0 Å². The van der Waals surface area contributed by atoms with Crippen LogP contribution in [0.2, 0.25) is 0 Å². The molecule has 0 bridgehead atoms. The largest absolute Gasteiger partial charge is 0.395 e. The Balaban J connectivity index is 2.18. The molecule has 1 aromatic rings. The summed E-state index contributed by atoms with van der Waals surface area (Å²) < 4.78 is 0. The van der Waals surface area contributed by atoms with E-state index in [4.69, 9.17) is 5.73 Å². The predicted molar refractivity (Wildman–Crippen MR) is 81.4 cm³/mol. The normalized spacial score (nSPS) is 20.6. The summed E-state index contributed by atoms with van der Waals surface area (Å²) >= 11 is 1.72. The molecule has 108 valence electrons. The Morgan fingerprint density at radius 3 is 2.68 bits per heavy atom. The third-order valence-corrected chi connectivity index (χ3v) is 4.84. The van der Waals surface area contributed by atoms with Crippen molar-refractivity contribution in [3.8, 4) is 0 Å². The molecular formula is C15H26N2OS. The molecule has 2 atom stereocenters. The van der Waals surface area contributed by atoms with Gasteiger partial charge in [-0.2, -0.15) is 11.3 Å². The number of rotatable bonds is 6. The van der Waals surface area contributed by atoms with Crippen LogP contribution in [0.25, 0.3) is 0 Å². The van der Waals surface area contributed by atoms with Gasteiger partial charge in [-0.15, -0.1) is 0 Å². The zero-order valence-corrected chi connectivity index (χ0v) is 12.6. The van der Waals surface area contributed by atoms with E-state index < -0.39 is 0 Å². The maximum Gasteiger partial charge on any atom is 0.0558 e. The summed E-state index contributed by atoms with van der Waals surface area (Å²) in [6.45, 7) is 3.02. The van der Waals surface area contributed by atoms with Crippen LogP contribution in [0.4, 0.5) is 0 Å². The Labute approximate surface area is 120 Å². The molecule has 0 radical (unpaired) electrons. The molecule has 1 aliphatic carbocycles. The van der Waals surface area contributed by atoms with Gasteiger partial charge in [0, 0.05) is 18.6 Å². The van der Waals surface area contributed by atoms with Crippen molar-refractivity contribution in [2.24, 2.45) is 5.73 Å². The van der Waals surface area contributed by atoms with Gasteiger partial charge in [0.25, 0.3) is 0 Å². The van der Waals surface area contributed by atoms with Gasteiger partial charge in [-0.3, -0.25) is 4.90 Å². The van der Waals surface area contributed by atoms with Crippen molar-refractivity contribution in [2.45, 2.75) is 57.2 Å². The molecule has 0 spiro atoms. The quantitative estimate of drug-likeness (QED) is 0.843. The molecular weight excluding hydrogens is 256 g/mol. The summed E-state index contributed by atoms with van der Waals surface area (Å²) in [5, 5.41) is 13.7. The molecule has 1 aliphatic rings. The van der Waals surface area contributed by atoms with Crippen molar-refractivity contribution in [3.05, 3.63) is 22.4 Å². The third kappa shape index (κ3) is 3.78. The van der Waals surface area contributed by atoms with Gasteiger partial charge >= 0.3 is 0 Å². The molecule has 2 rings (SSSR count). The van der Waals surface area contributed by atoms with E-state index in [0.29, 0.717) is 6.04 Å². The molecule has 1 saturated carbocycles. The molecule has 3 N–H and O–H groups in total. The van der Waals surface area contributed by atoms with E-state index in [1.807, 2.05) is 0 Å². The van der Waals surface area contributed by atoms with E-state index in [0.717, 1.165) is 6.54 Å². The zero-order chi connectivity index (χ0) is 13.7. The summed E-state index contributed by atoms with van der Waals surface area (Å²) in [6.07, 6.45) is 6.45. The van der Waals surface area contributed by atoms with Crippen LogP contribution in [-0.2, 0) is 0 Å². The molecule has 0 aliphatic heterocycles. The van der Waals surface area contributed by atoms with Crippen LogP contribution in [0.5, 0.6) is 0 Å². The highest BCUT2D eigenvalue weighted by Crippen LogP contribution is 2.32. The molecule has 0 saturated heterocycles. The number of nitrogens with zero attached hydrogens (tertiary/aromatic N) is 1. The molecule has 0 aromatic carbocycles. The van der Waals surface area contributed by atoms with Gasteiger partial charge in [0.05, 0.1) is 12.6 Å². The van der Waals surface area contributed by atoms with Crippen molar-refractivity contribution in [3.63, 3.8) is 0 Å². The van der Waals surface area contributed by atoms with Gasteiger partial charge < -0.3 is 10.8 Å². The average molecular weight is 282 g/mol. The Bertz CT molecular complexity index is 347. The van der Waals surface area contributed by atoms with Crippen LogP contribution < -0.4 is 5.73 Å². The van der Waals surface area contributed by atoms with Crippen molar-refractivity contribution >= 4 is 11.3 Å². The first-order valence-electron chi connectivity index (χ1n) is 7.38. The van der Waals surface area contributed by atoms with E-state index in [2.05, 4.69) is 28.7 Å². The lowest BCUT2D eigenvalue weighted by atomic mass is 9.91.